The van der Waals surface area contributed by atoms with Gasteiger partial charge in [-0.1, -0.05) is 29.8 Å². The second kappa shape index (κ2) is 8.84. The molecule has 0 N–H and O–H groups in total. The summed E-state index contributed by atoms with van der Waals surface area (Å²) in [5, 5.41) is 0.601. The van der Waals surface area contributed by atoms with E-state index < -0.39 is 10.8 Å². The second-order valence-electron chi connectivity index (χ2n) is 6.82. The van der Waals surface area contributed by atoms with E-state index in [1.807, 2.05) is 18.2 Å². The van der Waals surface area contributed by atoms with Gasteiger partial charge in [0.15, 0.2) is 5.76 Å². The molecule has 0 saturated carbocycles. The molecule has 150 valence electrons. The molecule has 0 bridgehead atoms. The van der Waals surface area contributed by atoms with E-state index in [-0.39, 0.29) is 11.7 Å². The average molecular weight is 429 g/mol. The van der Waals surface area contributed by atoms with Gasteiger partial charge in [-0.05, 0) is 48.5 Å². The fourth-order valence-electron chi connectivity index (χ4n) is 3.33. The van der Waals surface area contributed by atoms with E-state index in [9.17, 15) is 9.00 Å². The maximum absolute atomic E-state index is 12.8. The van der Waals surface area contributed by atoms with E-state index >= 15 is 0 Å². The molecule has 0 aliphatic carbocycles. The maximum Gasteiger partial charge on any atom is 0.289 e. The first-order valence-corrected chi connectivity index (χ1v) is 11.1. The van der Waals surface area contributed by atoms with Crippen LogP contribution in [-0.4, -0.2) is 41.2 Å². The number of carbonyl (C=O) groups is 1. The van der Waals surface area contributed by atoms with Gasteiger partial charge in [0.2, 0.25) is 0 Å². The van der Waals surface area contributed by atoms with Crippen LogP contribution in [0.25, 0.3) is 0 Å². The first-order valence-electron chi connectivity index (χ1n) is 9.42. The lowest BCUT2D eigenvalue weighted by Crippen LogP contribution is -2.48. The predicted molar refractivity (Wildman–Crippen MR) is 115 cm³/mol. The maximum atomic E-state index is 12.8. The molecule has 1 atom stereocenters. The highest BCUT2D eigenvalue weighted by Crippen LogP contribution is 2.20. The lowest BCUT2D eigenvalue weighted by atomic mass is 10.2. The first-order chi connectivity index (χ1) is 14.1. The quantitative estimate of drug-likeness (QED) is 0.611. The molecule has 1 unspecified atom stereocenters. The van der Waals surface area contributed by atoms with Crippen LogP contribution in [0.3, 0.4) is 0 Å². The van der Waals surface area contributed by atoms with Crippen molar-refractivity contribution in [1.29, 1.82) is 0 Å². The third-order valence-electron chi connectivity index (χ3n) is 4.91. The molecule has 1 fully saturated rings. The molecule has 29 heavy (non-hydrogen) atoms. The number of benzene rings is 2. The molecular weight excluding hydrogens is 408 g/mol. The van der Waals surface area contributed by atoms with Crippen molar-refractivity contribution < 1.29 is 13.4 Å². The Morgan fingerprint density at radius 2 is 1.62 bits per heavy atom. The van der Waals surface area contributed by atoms with Crippen molar-refractivity contribution in [2.24, 2.45) is 0 Å². The van der Waals surface area contributed by atoms with Gasteiger partial charge in [-0.15, -0.1) is 0 Å². The van der Waals surface area contributed by atoms with Crippen molar-refractivity contribution in [3.63, 3.8) is 0 Å². The Kier molecular flexibility index (Phi) is 6.02. The van der Waals surface area contributed by atoms with Crippen LogP contribution in [-0.2, 0) is 16.6 Å². The van der Waals surface area contributed by atoms with Gasteiger partial charge < -0.3 is 14.2 Å². The molecule has 7 heteroatoms. The number of anilines is 1. The van der Waals surface area contributed by atoms with Crippen LogP contribution in [0.5, 0.6) is 0 Å². The number of nitrogens with zero attached hydrogens (tertiary/aromatic N) is 2. The molecule has 1 aliphatic heterocycles. The lowest BCUT2D eigenvalue weighted by Gasteiger charge is -2.35. The summed E-state index contributed by atoms with van der Waals surface area (Å²) >= 11 is 5.87. The third-order valence-corrected chi connectivity index (χ3v) is 6.51. The second-order valence-corrected chi connectivity index (χ2v) is 8.71. The highest BCUT2D eigenvalue weighted by Gasteiger charge is 2.24. The molecule has 2 heterocycles. The van der Waals surface area contributed by atoms with E-state index in [0.29, 0.717) is 34.5 Å². The van der Waals surface area contributed by atoms with Gasteiger partial charge in [-0.2, -0.15) is 0 Å². The highest BCUT2D eigenvalue weighted by molar-refractivity contribution is 7.84. The van der Waals surface area contributed by atoms with Crippen molar-refractivity contribution in [3.8, 4) is 0 Å². The van der Waals surface area contributed by atoms with E-state index in [1.54, 1.807) is 41.3 Å². The van der Waals surface area contributed by atoms with Crippen LogP contribution in [0.4, 0.5) is 5.69 Å². The highest BCUT2D eigenvalue weighted by atomic mass is 35.5. The molecular formula is C22H21ClN2O3S. The number of rotatable bonds is 5. The number of piperazine rings is 1. The van der Waals surface area contributed by atoms with Crippen LogP contribution in [0.2, 0.25) is 5.02 Å². The third kappa shape index (κ3) is 4.71. The summed E-state index contributed by atoms with van der Waals surface area (Å²) in [6.45, 7) is 2.84. The molecule has 0 spiro atoms. The predicted octanol–water partition coefficient (Wildman–Crippen LogP) is 4.20. The van der Waals surface area contributed by atoms with Crippen molar-refractivity contribution in [2.75, 3.05) is 31.1 Å². The van der Waals surface area contributed by atoms with Gasteiger partial charge in [0.25, 0.3) is 5.91 Å². The summed E-state index contributed by atoms with van der Waals surface area (Å²) in [6.07, 6.45) is 0. The minimum Gasteiger partial charge on any atom is -0.455 e. The Hall–Kier alpha value is -2.57. The molecule has 1 amide bonds. The van der Waals surface area contributed by atoms with Crippen LogP contribution in [0.15, 0.2) is 76.0 Å². The summed E-state index contributed by atoms with van der Waals surface area (Å²) in [4.78, 5) is 17.5. The molecule has 5 nitrogen and oxygen atoms in total. The van der Waals surface area contributed by atoms with E-state index in [1.165, 1.54) is 5.69 Å². The number of hydrogen-bond acceptors (Lipinski definition) is 4. The molecule has 0 radical (unpaired) electrons. The summed E-state index contributed by atoms with van der Waals surface area (Å²) in [5.74, 6) is 0.920. The monoisotopic (exact) mass is 428 g/mol. The topological polar surface area (TPSA) is 53.8 Å². The summed E-state index contributed by atoms with van der Waals surface area (Å²) in [7, 11) is -1.26. The van der Waals surface area contributed by atoms with Crippen LogP contribution in [0.1, 0.15) is 16.3 Å². The van der Waals surface area contributed by atoms with E-state index in [0.717, 1.165) is 13.1 Å². The minimum absolute atomic E-state index is 0.124. The van der Waals surface area contributed by atoms with Crippen LogP contribution < -0.4 is 4.90 Å². The molecule has 3 aromatic rings. The van der Waals surface area contributed by atoms with Crippen molar-refractivity contribution in [3.05, 3.63) is 83.3 Å². The number of para-hydroxylation sites is 1. The Morgan fingerprint density at radius 1 is 0.931 bits per heavy atom. The zero-order valence-corrected chi connectivity index (χ0v) is 17.4. The Labute approximate surface area is 177 Å². The van der Waals surface area contributed by atoms with Gasteiger partial charge >= 0.3 is 0 Å². The zero-order valence-electron chi connectivity index (χ0n) is 15.8. The minimum atomic E-state index is -1.26. The van der Waals surface area contributed by atoms with Crippen LogP contribution >= 0.6 is 11.6 Å². The first kappa shape index (κ1) is 19.7. The molecule has 1 aromatic heterocycles. The lowest BCUT2D eigenvalue weighted by molar-refractivity contribution is 0.0713. The van der Waals surface area contributed by atoms with Gasteiger partial charge in [0.1, 0.15) is 5.76 Å². The van der Waals surface area contributed by atoms with Gasteiger partial charge in [0, 0.05) is 41.8 Å². The van der Waals surface area contributed by atoms with Crippen LogP contribution in [0, 0.1) is 0 Å². The van der Waals surface area contributed by atoms with Crippen molar-refractivity contribution in [2.45, 2.75) is 10.6 Å². The molecule has 2 aromatic carbocycles. The standard InChI is InChI=1S/C22H21ClN2O3S/c23-17-6-9-20(10-7-17)29(27)16-19-8-11-21(28-19)22(26)25-14-12-24(13-15-25)18-4-2-1-3-5-18/h1-11H,12-16H2. The Balaban J connectivity index is 1.35. The average Bonchev–Trinajstić information content (AvgIpc) is 3.23. The summed E-state index contributed by atoms with van der Waals surface area (Å²) in [5.41, 5.74) is 1.17. The van der Waals surface area contributed by atoms with E-state index in [2.05, 4.69) is 17.0 Å². The van der Waals surface area contributed by atoms with Crippen molar-refractivity contribution in [1.82, 2.24) is 4.90 Å². The molecule has 4 rings (SSSR count). The fraction of sp³-hybridized carbons (Fsp3) is 0.227. The van der Waals surface area contributed by atoms with Gasteiger partial charge in [0.05, 0.1) is 16.6 Å². The number of halogens is 1. The number of amides is 1. The largest absolute Gasteiger partial charge is 0.455 e. The van der Waals surface area contributed by atoms with Crippen molar-refractivity contribution >= 4 is 34.0 Å². The fourth-order valence-corrected chi connectivity index (χ4v) is 4.48. The van der Waals surface area contributed by atoms with Gasteiger partial charge in [-0.25, -0.2) is 0 Å². The smallest absolute Gasteiger partial charge is 0.289 e. The Morgan fingerprint density at radius 3 is 2.31 bits per heavy atom. The SMILES string of the molecule is O=C(c1ccc(CS(=O)c2ccc(Cl)cc2)o1)N1CCN(c2ccccc2)CC1. The number of hydrogen-bond donors (Lipinski definition) is 0. The summed E-state index contributed by atoms with van der Waals surface area (Å²) in [6, 6.07) is 20.5. The number of carbonyl (C=O) groups excluding carboxylic acids is 1. The normalized spacial score (nSPS) is 15.3. The molecule has 1 aliphatic rings. The summed E-state index contributed by atoms with van der Waals surface area (Å²) < 4.78 is 18.2. The number of furan rings is 1. The Bertz CT molecular complexity index is 996. The van der Waals surface area contributed by atoms with Gasteiger partial charge in [-0.3, -0.25) is 9.00 Å². The van der Waals surface area contributed by atoms with E-state index in [4.69, 9.17) is 16.0 Å². The molecule has 1 saturated heterocycles. The zero-order chi connectivity index (χ0) is 20.2.